The zero-order valence-corrected chi connectivity index (χ0v) is 10.9. The third-order valence-corrected chi connectivity index (χ3v) is 3.73. The lowest BCUT2D eigenvalue weighted by molar-refractivity contribution is -0.132. The minimum Gasteiger partial charge on any atom is -0.356 e. The lowest BCUT2D eigenvalue weighted by Crippen LogP contribution is -2.47. The predicted molar refractivity (Wildman–Crippen MR) is 67.3 cm³/mol. The van der Waals surface area contributed by atoms with E-state index in [0.29, 0.717) is 5.92 Å². The number of amides is 1. The van der Waals surface area contributed by atoms with Crippen molar-refractivity contribution >= 4 is 5.91 Å². The largest absolute Gasteiger partial charge is 0.356 e. The molecule has 1 amide bonds. The van der Waals surface area contributed by atoms with Gasteiger partial charge in [0.1, 0.15) is 0 Å². The van der Waals surface area contributed by atoms with Crippen LogP contribution >= 0.6 is 0 Å². The molecule has 0 bridgehead atoms. The van der Waals surface area contributed by atoms with Crippen LogP contribution in [0.3, 0.4) is 0 Å². The fraction of sp³-hybridized carbons (Fsp3) is 0.923. The van der Waals surface area contributed by atoms with Crippen molar-refractivity contribution in [3.05, 3.63) is 0 Å². The van der Waals surface area contributed by atoms with E-state index in [0.717, 1.165) is 45.3 Å². The third kappa shape index (κ3) is 3.48. The van der Waals surface area contributed by atoms with Crippen molar-refractivity contribution < 1.29 is 4.79 Å². The van der Waals surface area contributed by atoms with Crippen LogP contribution < -0.4 is 10.6 Å². The predicted octanol–water partition coefficient (Wildman–Crippen LogP) is 1.93. The molecule has 0 aromatic heterocycles. The highest BCUT2D eigenvalue weighted by Crippen LogP contribution is 2.32. The van der Waals surface area contributed by atoms with Crippen LogP contribution in [0.2, 0.25) is 0 Å². The molecule has 2 N–H and O–H groups in total. The normalized spacial score (nSPS) is 19.8. The quantitative estimate of drug-likeness (QED) is 0.752. The molecule has 16 heavy (non-hydrogen) atoms. The van der Waals surface area contributed by atoms with Gasteiger partial charge in [0.25, 0.3) is 0 Å². The minimum absolute atomic E-state index is 0.0950. The van der Waals surface area contributed by atoms with Gasteiger partial charge in [0.15, 0.2) is 0 Å². The molecule has 0 aromatic rings. The van der Waals surface area contributed by atoms with Crippen LogP contribution in [-0.4, -0.2) is 25.5 Å². The molecule has 1 aliphatic rings. The van der Waals surface area contributed by atoms with Crippen molar-refractivity contribution in [3.8, 4) is 0 Å². The Morgan fingerprint density at radius 1 is 1.38 bits per heavy atom. The Balaban J connectivity index is 2.42. The summed E-state index contributed by atoms with van der Waals surface area (Å²) in [5.41, 5.74) is -0.0950. The first kappa shape index (κ1) is 13.5. The van der Waals surface area contributed by atoms with Gasteiger partial charge in [-0.1, -0.05) is 20.8 Å². The van der Waals surface area contributed by atoms with Gasteiger partial charge < -0.3 is 10.6 Å². The van der Waals surface area contributed by atoms with Crippen LogP contribution in [0.25, 0.3) is 0 Å². The van der Waals surface area contributed by atoms with Crippen LogP contribution in [0.5, 0.6) is 0 Å². The first-order valence-electron chi connectivity index (χ1n) is 6.60. The number of rotatable bonds is 5. The molecular weight excluding hydrogens is 200 g/mol. The van der Waals surface area contributed by atoms with Crippen LogP contribution in [0, 0.1) is 11.3 Å². The second-order valence-electron chi connectivity index (χ2n) is 5.32. The van der Waals surface area contributed by atoms with E-state index >= 15 is 0 Å². The van der Waals surface area contributed by atoms with E-state index in [1.165, 1.54) is 0 Å². The summed E-state index contributed by atoms with van der Waals surface area (Å²) in [4.78, 5) is 12.2. The minimum atomic E-state index is -0.0950. The highest BCUT2D eigenvalue weighted by atomic mass is 16.2. The van der Waals surface area contributed by atoms with E-state index in [1.54, 1.807) is 0 Å². The van der Waals surface area contributed by atoms with Crippen LogP contribution in [0.15, 0.2) is 0 Å². The molecule has 1 aliphatic heterocycles. The Hall–Kier alpha value is -0.570. The third-order valence-electron chi connectivity index (χ3n) is 3.73. The van der Waals surface area contributed by atoms with Gasteiger partial charge in [-0.25, -0.2) is 0 Å². The van der Waals surface area contributed by atoms with Crippen molar-refractivity contribution in [1.29, 1.82) is 0 Å². The maximum Gasteiger partial charge on any atom is 0.226 e. The van der Waals surface area contributed by atoms with Crippen molar-refractivity contribution in [2.24, 2.45) is 11.3 Å². The number of hydrogen-bond donors (Lipinski definition) is 2. The molecule has 0 atom stereocenters. The number of carbonyl (C=O) groups excluding carboxylic acids is 1. The Labute approximate surface area is 99.4 Å². The molecule has 1 heterocycles. The molecule has 1 fully saturated rings. The Bertz CT molecular complexity index is 220. The molecule has 94 valence electrons. The molecule has 0 radical (unpaired) electrons. The second kappa shape index (κ2) is 6.24. The SMILES string of the molecule is CCC1(C(=O)NCCC(C)C)CCNCC1. The Kier molecular flexibility index (Phi) is 5.26. The molecule has 3 nitrogen and oxygen atoms in total. The van der Waals surface area contributed by atoms with Crippen molar-refractivity contribution in [2.75, 3.05) is 19.6 Å². The summed E-state index contributed by atoms with van der Waals surface area (Å²) < 4.78 is 0. The van der Waals surface area contributed by atoms with Gasteiger partial charge >= 0.3 is 0 Å². The van der Waals surface area contributed by atoms with Gasteiger partial charge in [-0.2, -0.15) is 0 Å². The molecule has 0 spiro atoms. The maximum atomic E-state index is 12.2. The first-order chi connectivity index (χ1) is 7.60. The average molecular weight is 226 g/mol. The van der Waals surface area contributed by atoms with Gasteiger partial charge in [-0.15, -0.1) is 0 Å². The summed E-state index contributed by atoms with van der Waals surface area (Å²) in [6, 6.07) is 0. The number of hydrogen-bond acceptors (Lipinski definition) is 2. The molecule has 3 heteroatoms. The van der Waals surface area contributed by atoms with E-state index in [4.69, 9.17) is 0 Å². The summed E-state index contributed by atoms with van der Waals surface area (Å²) in [5.74, 6) is 0.933. The van der Waals surface area contributed by atoms with Crippen molar-refractivity contribution in [2.45, 2.75) is 46.5 Å². The maximum absolute atomic E-state index is 12.2. The Morgan fingerprint density at radius 2 is 2.00 bits per heavy atom. The van der Waals surface area contributed by atoms with Crippen molar-refractivity contribution in [3.63, 3.8) is 0 Å². The summed E-state index contributed by atoms with van der Waals surface area (Å²) in [5, 5.41) is 6.43. The van der Waals surface area contributed by atoms with Crippen LogP contribution in [-0.2, 0) is 4.79 Å². The lowest BCUT2D eigenvalue weighted by Gasteiger charge is -2.35. The number of nitrogens with one attached hydrogen (secondary N) is 2. The van der Waals surface area contributed by atoms with Crippen LogP contribution in [0.4, 0.5) is 0 Å². The number of carbonyl (C=O) groups is 1. The zero-order chi connectivity index (χ0) is 12.0. The highest BCUT2D eigenvalue weighted by molar-refractivity contribution is 5.82. The van der Waals surface area contributed by atoms with Gasteiger partial charge in [0, 0.05) is 6.54 Å². The van der Waals surface area contributed by atoms with Gasteiger partial charge in [-0.3, -0.25) is 4.79 Å². The smallest absolute Gasteiger partial charge is 0.226 e. The molecule has 0 aliphatic carbocycles. The topological polar surface area (TPSA) is 41.1 Å². The van der Waals surface area contributed by atoms with Gasteiger partial charge in [0.2, 0.25) is 5.91 Å². The lowest BCUT2D eigenvalue weighted by atomic mass is 9.76. The molecule has 0 unspecified atom stereocenters. The van der Waals surface area contributed by atoms with E-state index in [9.17, 15) is 4.79 Å². The number of piperidine rings is 1. The molecule has 0 aromatic carbocycles. The van der Waals surface area contributed by atoms with E-state index < -0.39 is 0 Å². The second-order valence-corrected chi connectivity index (χ2v) is 5.32. The average Bonchev–Trinajstić information content (AvgIpc) is 2.29. The molecular formula is C13H26N2O. The zero-order valence-electron chi connectivity index (χ0n) is 10.9. The Morgan fingerprint density at radius 3 is 2.50 bits per heavy atom. The monoisotopic (exact) mass is 226 g/mol. The fourth-order valence-electron chi connectivity index (χ4n) is 2.31. The summed E-state index contributed by atoms with van der Waals surface area (Å²) in [6.07, 6.45) is 4.00. The molecule has 1 rings (SSSR count). The van der Waals surface area contributed by atoms with E-state index in [2.05, 4.69) is 31.4 Å². The van der Waals surface area contributed by atoms with E-state index in [-0.39, 0.29) is 11.3 Å². The van der Waals surface area contributed by atoms with Gasteiger partial charge in [-0.05, 0) is 44.7 Å². The van der Waals surface area contributed by atoms with Crippen molar-refractivity contribution in [1.82, 2.24) is 10.6 Å². The summed E-state index contributed by atoms with van der Waals surface area (Å²) in [7, 11) is 0. The van der Waals surface area contributed by atoms with Crippen LogP contribution in [0.1, 0.15) is 46.5 Å². The fourth-order valence-corrected chi connectivity index (χ4v) is 2.31. The summed E-state index contributed by atoms with van der Waals surface area (Å²) >= 11 is 0. The van der Waals surface area contributed by atoms with Gasteiger partial charge in [0.05, 0.1) is 5.41 Å². The molecule has 1 saturated heterocycles. The standard InChI is InChI=1S/C13H26N2O/c1-4-13(6-9-14-10-7-13)12(16)15-8-5-11(2)3/h11,14H,4-10H2,1-3H3,(H,15,16). The molecule has 0 saturated carbocycles. The summed E-state index contributed by atoms with van der Waals surface area (Å²) in [6.45, 7) is 9.29. The van der Waals surface area contributed by atoms with E-state index in [1.807, 2.05) is 0 Å². The highest BCUT2D eigenvalue weighted by Gasteiger charge is 2.37. The first-order valence-corrected chi connectivity index (χ1v) is 6.60.